The molecule has 0 atom stereocenters. The van der Waals surface area contributed by atoms with E-state index in [0.717, 1.165) is 21.5 Å². The average Bonchev–Trinajstić information content (AvgIpc) is 2.26. The van der Waals surface area contributed by atoms with E-state index in [-0.39, 0.29) is 11.6 Å². The molecule has 0 aliphatic carbocycles. The third-order valence-corrected chi connectivity index (χ3v) is 2.72. The lowest BCUT2D eigenvalue weighted by atomic mass is 10.0. The lowest BCUT2D eigenvalue weighted by molar-refractivity contribution is 0.629. The fourth-order valence-corrected chi connectivity index (χ4v) is 1.94. The molecule has 16 heavy (non-hydrogen) atoms. The molecule has 3 aromatic rings. The summed E-state index contributed by atoms with van der Waals surface area (Å²) in [6, 6.07) is 12.9. The molecule has 3 rings (SSSR count). The van der Waals surface area contributed by atoms with Gasteiger partial charge in [-0.05, 0) is 57.9 Å². The first kappa shape index (κ1) is 9.28. The van der Waals surface area contributed by atoms with Crippen LogP contribution in [0.5, 0.6) is 0 Å². The van der Waals surface area contributed by atoms with Crippen LogP contribution in [0.2, 0.25) is 0 Å². The Morgan fingerprint density at radius 3 is 1.38 bits per heavy atom. The molecule has 0 aromatic heterocycles. The predicted molar refractivity (Wildman–Crippen MR) is 61.4 cm³/mol. The van der Waals surface area contributed by atoms with Crippen LogP contribution in [0.15, 0.2) is 48.5 Å². The van der Waals surface area contributed by atoms with Crippen LogP contribution in [0.4, 0.5) is 8.78 Å². The van der Waals surface area contributed by atoms with Crippen LogP contribution >= 0.6 is 0 Å². The van der Waals surface area contributed by atoms with E-state index < -0.39 is 0 Å². The zero-order chi connectivity index (χ0) is 11.1. The van der Waals surface area contributed by atoms with Crippen molar-refractivity contribution in [1.82, 2.24) is 0 Å². The minimum Gasteiger partial charge on any atom is -0.207 e. The van der Waals surface area contributed by atoms with Gasteiger partial charge >= 0.3 is 0 Å². The Hall–Kier alpha value is -1.96. The molecule has 0 amide bonds. The maximum atomic E-state index is 13.0. The summed E-state index contributed by atoms with van der Waals surface area (Å²) in [5.41, 5.74) is 0. The lowest BCUT2D eigenvalue weighted by Gasteiger charge is -2.02. The largest absolute Gasteiger partial charge is 0.207 e. The Kier molecular flexibility index (Phi) is 1.90. The highest BCUT2D eigenvalue weighted by atomic mass is 19.1. The van der Waals surface area contributed by atoms with E-state index in [1.54, 1.807) is 12.1 Å². The second kappa shape index (κ2) is 3.27. The normalized spacial score (nSPS) is 11.1. The molecule has 3 aromatic carbocycles. The summed E-state index contributed by atoms with van der Waals surface area (Å²) in [6.07, 6.45) is 0. The SMILES string of the molecule is Fc1ccc2cc3cc(F)ccc3cc2c1. The van der Waals surface area contributed by atoms with Gasteiger partial charge in [0.2, 0.25) is 0 Å². The molecule has 0 aliphatic heterocycles. The van der Waals surface area contributed by atoms with Crippen molar-refractivity contribution in [3.63, 3.8) is 0 Å². The predicted octanol–water partition coefficient (Wildman–Crippen LogP) is 4.27. The number of benzene rings is 3. The van der Waals surface area contributed by atoms with E-state index in [0.29, 0.717) is 0 Å². The number of hydrogen-bond acceptors (Lipinski definition) is 0. The van der Waals surface area contributed by atoms with Gasteiger partial charge in [0.1, 0.15) is 11.6 Å². The van der Waals surface area contributed by atoms with Crippen molar-refractivity contribution in [3.05, 3.63) is 60.2 Å². The first-order chi connectivity index (χ1) is 7.72. The summed E-state index contributed by atoms with van der Waals surface area (Å²) < 4.78 is 26.1. The Labute approximate surface area is 91.1 Å². The fraction of sp³-hybridized carbons (Fsp3) is 0. The van der Waals surface area contributed by atoms with Crippen molar-refractivity contribution in [2.45, 2.75) is 0 Å². The summed E-state index contributed by atoms with van der Waals surface area (Å²) in [6.45, 7) is 0. The summed E-state index contributed by atoms with van der Waals surface area (Å²) in [5, 5.41) is 3.50. The Morgan fingerprint density at radius 2 is 0.938 bits per heavy atom. The second-order valence-corrected chi connectivity index (χ2v) is 3.84. The Bertz CT molecular complexity index is 625. The van der Waals surface area contributed by atoms with Crippen molar-refractivity contribution in [3.8, 4) is 0 Å². The number of fused-ring (bicyclic) bond motifs is 2. The number of rotatable bonds is 0. The molecule has 2 heteroatoms. The molecule has 0 nitrogen and oxygen atoms in total. The van der Waals surface area contributed by atoms with Crippen molar-refractivity contribution in [2.24, 2.45) is 0 Å². The zero-order valence-corrected chi connectivity index (χ0v) is 8.37. The van der Waals surface area contributed by atoms with Gasteiger partial charge < -0.3 is 0 Å². The maximum Gasteiger partial charge on any atom is 0.123 e. The zero-order valence-electron chi connectivity index (χ0n) is 8.37. The van der Waals surface area contributed by atoms with Crippen LogP contribution in [0, 0.1) is 11.6 Å². The van der Waals surface area contributed by atoms with Gasteiger partial charge in [-0.25, -0.2) is 8.78 Å². The van der Waals surface area contributed by atoms with E-state index >= 15 is 0 Å². The quantitative estimate of drug-likeness (QED) is 0.490. The van der Waals surface area contributed by atoms with Crippen LogP contribution in [0.3, 0.4) is 0 Å². The van der Waals surface area contributed by atoms with E-state index in [9.17, 15) is 8.78 Å². The van der Waals surface area contributed by atoms with Crippen molar-refractivity contribution >= 4 is 21.5 Å². The molecule has 0 bridgehead atoms. The standard InChI is InChI=1S/C14H8F2/c15-13-3-1-9-5-12-8-14(16)4-2-10(12)6-11(9)7-13/h1-8H. The molecule has 0 aliphatic rings. The van der Waals surface area contributed by atoms with Gasteiger partial charge in [0.25, 0.3) is 0 Å². The van der Waals surface area contributed by atoms with Gasteiger partial charge in [-0.1, -0.05) is 12.1 Å². The monoisotopic (exact) mass is 214 g/mol. The van der Waals surface area contributed by atoms with Crippen molar-refractivity contribution in [1.29, 1.82) is 0 Å². The Balaban J connectivity index is 2.44. The topological polar surface area (TPSA) is 0 Å². The van der Waals surface area contributed by atoms with E-state index in [2.05, 4.69) is 0 Å². The second-order valence-electron chi connectivity index (χ2n) is 3.84. The molecule has 0 fully saturated rings. The molecule has 0 spiro atoms. The molecule has 0 unspecified atom stereocenters. The van der Waals surface area contributed by atoms with Crippen molar-refractivity contribution in [2.75, 3.05) is 0 Å². The van der Waals surface area contributed by atoms with Crippen molar-refractivity contribution < 1.29 is 8.78 Å². The maximum absolute atomic E-state index is 13.0. The third kappa shape index (κ3) is 1.43. The highest BCUT2D eigenvalue weighted by molar-refractivity contribution is 5.98. The number of halogens is 2. The third-order valence-electron chi connectivity index (χ3n) is 2.72. The first-order valence-corrected chi connectivity index (χ1v) is 5.01. The van der Waals surface area contributed by atoms with Gasteiger partial charge in [0.15, 0.2) is 0 Å². The molecule has 0 saturated heterocycles. The minimum absolute atomic E-state index is 0.256. The minimum atomic E-state index is -0.256. The molecule has 0 N–H and O–H groups in total. The summed E-state index contributed by atoms with van der Waals surface area (Å²) in [4.78, 5) is 0. The summed E-state index contributed by atoms with van der Waals surface area (Å²) in [7, 11) is 0. The fourth-order valence-electron chi connectivity index (χ4n) is 1.94. The van der Waals surface area contributed by atoms with Crippen LogP contribution in [0.25, 0.3) is 21.5 Å². The van der Waals surface area contributed by atoms with Crippen LogP contribution in [-0.4, -0.2) is 0 Å². The highest BCUT2D eigenvalue weighted by Crippen LogP contribution is 2.24. The molecule has 0 radical (unpaired) electrons. The smallest absolute Gasteiger partial charge is 0.123 e. The lowest BCUT2D eigenvalue weighted by Crippen LogP contribution is -1.80. The number of hydrogen-bond donors (Lipinski definition) is 0. The summed E-state index contributed by atoms with van der Waals surface area (Å²) >= 11 is 0. The summed E-state index contributed by atoms with van der Waals surface area (Å²) in [5.74, 6) is -0.511. The van der Waals surface area contributed by atoms with E-state index in [1.165, 1.54) is 24.3 Å². The molecular formula is C14H8F2. The Morgan fingerprint density at radius 1 is 0.500 bits per heavy atom. The van der Waals surface area contributed by atoms with E-state index in [1.807, 2.05) is 12.1 Å². The average molecular weight is 214 g/mol. The van der Waals surface area contributed by atoms with Crippen LogP contribution in [-0.2, 0) is 0 Å². The van der Waals surface area contributed by atoms with Crippen LogP contribution < -0.4 is 0 Å². The van der Waals surface area contributed by atoms with E-state index in [4.69, 9.17) is 0 Å². The molecular weight excluding hydrogens is 206 g/mol. The van der Waals surface area contributed by atoms with Gasteiger partial charge in [-0.3, -0.25) is 0 Å². The van der Waals surface area contributed by atoms with Crippen LogP contribution in [0.1, 0.15) is 0 Å². The van der Waals surface area contributed by atoms with Gasteiger partial charge in [0, 0.05) is 0 Å². The van der Waals surface area contributed by atoms with Gasteiger partial charge in [-0.15, -0.1) is 0 Å². The van der Waals surface area contributed by atoms with Gasteiger partial charge in [-0.2, -0.15) is 0 Å². The van der Waals surface area contributed by atoms with Gasteiger partial charge in [0.05, 0.1) is 0 Å². The molecule has 78 valence electrons. The molecule has 0 heterocycles. The first-order valence-electron chi connectivity index (χ1n) is 5.01. The highest BCUT2D eigenvalue weighted by Gasteiger charge is 2.00. The molecule has 0 saturated carbocycles.